The zero-order valence-electron chi connectivity index (χ0n) is 10.5. The van der Waals surface area contributed by atoms with Crippen molar-refractivity contribution in [1.82, 2.24) is 14.5 Å². The van der Waals surface area contributed by atoms with Crippen molar-refractivity contribution in [3.8, 4) is 0 Å². The van der Waals surface area contributed by atoms with Gasteiger partial charge in [0.05, 0.1) is 19.3 Å². The van der Waals surface area contributed by atoms with Gasteiger partial charge in [0.25, 0.3) is 0 Å². The van der Waals surface area contributed by atoms with Gasteiger partial charge in [-0.2, -0.15) is 5.10 Å². The highest BCUT2D eigenvalue weighted by Gasteiger charge is 2.16. The molecule has 0 amide bonds. The van der Waals surface area contributed by atoms with Crippen molar-refractivity contribution in [2.45, 2.75) is 18.0 Å². The molecule has 0 bridgehead atoms. The van der Waals surface area contributed by atoms with Gasteiger partial charge in [0.2, 0.25) is 10.0 Å². The molecule has 0 unspecified atom stereocenters. The summed E-state index contributed by atoms with van der Waals surface area (Å²) in [6.45, 7) is 0.251. The summed E-state index contributed by atoms with van der Waals surface area (Å²) in [6, 6.07) is 7.01. The molecule has 108 valence electrons. The number of nitrogens with one attached hydrogen (secondary N) is 1. The fourth-order valence-corrected chi connectivity index (χ4v) is 2.77. The quantitative estimate of drug-likeness (QED) is 0.833. The summed E-state index contributed by atoms with van der Waals surface area (Å²) in [4.78, 5) is 0.0537. The molecular formula is C12H14ClN3O3S. The van der Waals surface area contributed by atoms with Crippen LogP contribution in [0.4, 0.5) is 0 Å². The summed E-state index contributed by atoms with van der Waals surface area (Å²) in [6.07, 6.45) is 2.61. The van der Waals surface area contributed by atoms with Crippen molar-refractivity contribution in [3.63, 3.8) is 0 Å². The minimum atomic E-state index is -3.65. The average Bonchev–Trinajstić information content (AvgIpc) is 2.88. The van der Waals surface area contributed by atoms with Crippen LogP contribution in [0.1, 0.15) is 5.56 Å². The highest BCUT2D eigenvalue weighted by Crippen LogP contribution is 2.15. The number of hydrogen-bond acceptors (Lipinski definition) is 4. The van der Waals surface area contributed by atoms with Gasteiger partial charge in [0, 0.05) is 17.8 Å². The van der Waals surface area contributed by atoms with Gasteiger partial charge in [-0.05, 0) is 11.6 Å². The van der Waals surface area contributed by atoms with E-state index in [2.05, 4.69) is 9.82 Å². The maximum atomic E-state index is 12.1. The predicted molar refractivity (Wildman–Crippen MR) is 74.8 cm³/mol. The summed E-state index contributed by atoms with van der Waals surface area (Å²) in [5.41, 5.74) is 0.695. The number of aromatic nitrogens is 2. The molecular weight excluding hydrogens is 302 g/mol. The van der Waals surface area contributed by atoms with Crippen LogP contribution in [-0.4, -0.2) is 29.9 Å². The Bertz CT molecular complexity index is 685. The summed E-state index contributed by atoms with van der Waals surface area (Å²) in [7, 11) is -3.65. The van der Waals surface area contributed by atoms with Crippen LogP contribution in [0.3, 0.4) is 0 Å². The normalized spacial score (nSPS) is 11.7. The highest BCUT2D eigenvalue weighted by atomic mass is 35.5. The van der Waals surface area contributed by atoms with E-state index < -0.39 is 10.0 Å². The lowest BCUT2D eigenvalue weighted by Crippen LogP contribution is -2.23. The number of sulfonamides is 1. The Morgan fingerprint density at radius 2 is 2.10 bits per heavy atom. The molecule has 2 rings (SSSR count). The van der Waals surface area contributed by atoms with Crippen molar-refractivity contribution >= 4 is 21.6 Å². The lowest BCUT2D eigenvalue weighted by Gasteiger charge is -2.06. The Labute approximate surface area is 122 Å². The van der Waals surface area contributed by atoms with E-state index in [1.807, 2.05) is 0 Å². The summed E-state index contributed by atoms with van der Waals surface area (Å²) < 4.78 is 28.0. The first-order chi connectivity index (χ1) is 9.53. The number of aliphatic hydroxyl groups excluding tert-OH is 1. The van der Waals surface area contributed by atoms with Gasteiger partial charge in [-0.15, -0.1) is 0 Å². The number of rotatable bonds is 6. The molecule has 1 aromatic carbocycles. The molecule has 0 saturated heterocycles. The van der Waals surface area contributed by atoms with Gasteiger partial charge in [0.1, 0.15) is 4.90 Å². The van der Waals surface area contributed by atoms with Crippen molar-refractivity contribution in [3.05, 3.63) is 47.2 Å². The summed E-state index contributed by atoms with van der Waals surface area (Å²) in [5, 5.41) is 13.1. The third-order valence-electron chi connectivity index (χ3n) is 2.66. The van der Waals surface area contributed by atoms with E-state index in [1.165, 1.54) is 17.1 Å². The van der Waals surface area contributed by atoms with Crippen LogP contribution in [0.15, 0.2) is 41.6 Å². The van der Waals surface area contributed by atoms with Crippen LogP contribution in [0.2, 0.25) is 5.02 Å². The fraction of sp³-hybridized carbons (Fsp3) is 0.250. The fourth-order valence-electron chi connectivity index (χ4n) is 1.61. The highest BCUT2D eigenvalue weighted by molar-refractivity contribution is 7.89. The largest absolute Gasteiger partial charge is 0.394 e. The van der Waals surface area contributed by atoms with Crippen LogP contribution in [-0.2, 0) is 23.1 Å². The predicted octanol–water partition coefficient (Wildman–Crippen LogP) is 1.01. The second-order valence-corrected chi connectivity index (χ2v) is 6.25. The van der Waals surface area contributed by atoms with Crippen LogP contribution >= 0.6 is 11.6 Å². The molecule has 0 fully saturated rings. The number of nitrogens with zero attached hydrogens (tertiary/aromatic N) is 2. The van der Waals surface area contributed by atoms with Crippen LogP contribution in [0.5, 0.6) is 0 Å². The molecule has 1 heterocycles. The standard InChI is InChI=1S/C12H14ClN3O3S/c13-12-4-2-1-3-10(12)7-15-20(18,19)11-8-14-16(9-11)5-6-17/h1-4,8-9,15,17H,5-7H2. The van der Waals surface area contributed by atoms with Crippen molar-refractivity contribution in [1.29, 1.82) is 0 Å². The first kappa shape index (κ1) is 15.0. The van der Waals surface area contributed by atoms with Gasteiger partial charge in [0.15, 0.2) is 0 Å². The third kappa shape index (κ3) is 3.57. The topological polar surface area (TPSA) is 84.2 Å². The van der Waals surface area contributed by atoms with E-state index in [0.717, 1.165) is 0 Å². The lowest BCUT2D eigenvalue weighted by molar-refractivity contribution is 0.269. The molecule has 2 aromatic rings. The second-order valence-electron chi connectivity index (χ2n) is 4.08. The monoisotopic (exact) mass is 315 g/mol. The number of hydrogen-bond donors (Lipinski definition) is 2. The molecule has 0 atom stereocenters. The molecule has 0 spiro atoms. The SMILES string of the molecule is O=S(=O)(NCc1ccccc1Cl)c1cnn(CCO)c1. The number of halogens is 1. The Morgan fingerprint density at radius 3 is 2.80 bits per heavy atom. The van der Waals surface area contributed by atoms with Gasteiger partial charge in [-0.25, -0.2) is 13.1 Å². The molecule has 20 heavy (non-hydrogen) atoms. The van der Waals surface area contributed by atoms with Gasteiger partial charge < -0.3 is 5.11 Å². The maximum absolute atomic E-state index is 12.1. The van der Waals surface area contributed by atoms with E-state index in [0.29, 0.717) is 10.6 Å². The lowest BCUT2D eigenvalue weighted by atomic mass is 10.2. The minimum absolute atomic E-state index is 0.0537. The maximum Gasteiger partial charge on any atom is 0.243 e. The zero-order valence-corrected chi connectivity index (χ0v) is 12.1. The first-order valence-corrected chi connectivity index (χ1v) is 7.75. The van der Waals surface area contributed by atoms with E-state index in [9.17, 15) is 8.42 Å². The van der Waals surface area contributed by atoms with Crippen LogP contribution in [0, 0.1) is 0 Å². The van der Waals surface area contributed by atoms with Crippen LogP contribution in [0.25, 0.3) is 0 Å². The molecule has 1 aromatic heterocycles. The molecule has 2 N–H and O–H groups in total. The van der Waals surface area contributed by atoms with Gasteiger partial charge >= 0.3 is 0 Å². The number of benzene rings is 1. The van der Waals surface area contributed by atoms with Gasteiger partial charge in [-0.3, -0.25) is 4.68 Å². The van der Waals surface area contributed by atoms with Gasteiger partial charge in [-0.1, -0.05) is 29.8 Å². The minimum Gasteiger partial charge on any atom is -0.394 e. The average molecular weight is 316 g/mol. The smallest absolute Gasteiger partial charge is 0.243 e. The summed E-state index contributed by atoms with van der Waals surface area (Å²) >= 11 is 5.97. The van der Waals surface area contributed by atoms with Crippen molar-refractivity contribution in [2.24, 2.45) is 0 Å². The second kappa shape index (κ2) is 6.36. The molecule has 8 heteroatoms. The molecule has 0 aliphatic heterocycles. The van der Waals surface area contributed by atoms with Crippen molar-refractivity contribution < 1.29 is 13.5 Å². The molecule has 0 aliphatic rings. The molecule has 0 radical (unpaired) electrons. The molecule has 0 aliphatic carbocycles. The summed E-state index contributed by atoms with van der Waals surface area (Å²) in [5.74, 6) is 0. The molecule has 6 nitrogen and oxygen atoms in total. The third-order valence-corrected chi connectivity index (χ3v) is 4.38. The Kier molecular flexibility index (Phi) is 4.77. The Hall–Kier alpha value is -1.41. The zero-order chi connectivity index (χ0) is 14.6. The van der Waals surface area contributed by atoms with Crippen LogP contribution < -0.4 is 4.72 Å². The Balaban J connectivity index is 2.09. The molecule has 0 saturated carbocycles. The first-order valence-electron chi connectivity index (χ1n) is 5.89. The van der Waals surface area contributed by atoms with E-state index in [1.54, 1.807) is 24.3 Å². The number of aliphatic hydroxyl groups is 1. The van der Waals surface area contributed by atoms with Crippen molar-refractivity contribution in [2.75, 3.05) is 6.61 Å². The van der Waals surface area contributed by atoms with E-state index in [4.69, 9.17) is 16.7 Å². The van der Waals surface area contributed by atoms with E-state index >= 15 is 0 Å². The van der Waals surface area contributed by atoms with E-state index in [-0.39, 0.29) is 24.6 Å². The Morgan fingerprint density at radius 1 is 1.35 bits per heavy atom.